The maximum absolute atomic E-state index is 5.94. The Kier molecular flexibility index (Phi) is 6.47. The molecule has 35 heavy (non-hydrogen) atoms. The molecule has 8 nitrogen and oxygen atoms in total. The number of hydrogen-bond acceptors (Lipinski definition) is 6. The minimum Gasteiger partial charge on any atom is -0.492 e. The van der Waals surface area contributed by atoms with Gasteiger partial charge in [-0.25, -0.2) is 9.50 Å². The van der Waals surface area contributed by atoms with E-state index in [-0.39, 0.29) is 6.10 Å². The first-order chi connectivity index (χ1) is 17.3. The normalized spacial score (nSPS) is 18.6. The Hall–Kier alpha value is -3.23. The Morgan fingerprint density at radius 2 is 1.91 bits per heavy atom. The highest BCUT2D eigenvalue weighted by atomic mass is 16.5. The maximum atomic E-state index is 5.94. The van der Waals surface area contributed by atoms with Gasteiger partial charge >= 0.3 is 0 Å². The molecule has 0 aliphatic carbocycles. The topological polar surface area (TPSA) is 69.7 Å². The number of hydrogen-bond donors (Lipinski definition) is 0. The zero-order valence-electron chi connectivity index (χ0n) is 20.1. The fraction of sp³-hybridized carbons (Fsp3) is 0.444. The summed E-state index contributed by atoms with van der Waals surface area (Å²) < 4.78 is 15.6. The number of rotatable bonds is 9. The van der Waals surface area contributed by atoms with Crippen LogP contribution < -0.4 is 4.74 Å². The van der Waals surface area contributed by atoms with Crippen LogP contribution in [0.1, 0.15) is 37.1 Å². The molecule has 8 heteroatoms. The van der Waals surface area contributed by atoms with Crippen LogP contribution in [0.15, 0.2) is 54.9 Å². The molecular weight excluding hydrogens is 440 g/mol. The zero-order valence-corrected chi connectivity index (χ0v) is 20.1. The van der Waals surface area contributed by atoms with Gasteiger partial charge in [0.05, 0.1) is 24.5 Å². The molecule has 0 amide bonds. The highest BCUT2D eigenvalue weighted by Gasteiger charge is 2.17. The highest BCUT2D eigenvalue weighted by molar-refractivity contribution is 5.61. The van der Waals surface area contributed by atoms with Crippen LogP contribution in [-0.2, 0) is 17.7 Å². The molecule has 3 aromatic heterocycles. The number of nitrogens with zero attached hydrogens (tertiary/aromatic N) is 6. The van der Waals surface area contributed by atoms with Gasteiger partial charge in [-0.05, 0) is 68.6 Å². The second-order valence-electron chi connectivity index (χ2n) is 9.51. The van der Waals surface area contributed by atoms with Crippen molar-refractivity contribution in [1.29, 1.82) is 0 Å². The van der Waals surface area contributed by atoms with Crippen LogP contribution in [0, 0.1) is 0 Å². The summed E-state index contributed by atoms with van der Waals surface area (Å²) in [5, 5.41) is 9.37. The van der Waals surface area contributed by atoms with Crippen molar-refractivity contribution in [2.45, 2.75) is 44.8 Å². The lowest BCUT2D eigenvalue weighted by Crippen LogP contribution is -2.25. The average Bonchev–Trinajstić information content (AvgIpc) is 3.68. The van der Waals surface area contributed by atoms with Gasteiger partial charge in [-0.3, -0.25) is 9.58 Å². The van der Waals surface area contributed by atoms with Gasteiger partial charge in [-0.15, -0.1) is 0 Å². The second kappa shape index (κ2) is 10.2. The summed E-state index contributed by atoms with van der Waals surface area (Å²) in [7, 11) is 0. The Morgan fingerprint density at radius 3 is 2.74 bits per heavy atom. The van der Waals surface area contributed by atoms with E-state index in [1.54, 1.807) is 0 Å². The molecule has 0 bridgehead atoms. The van der Waals surface area contributed by atoms with Crippen LogP contribution >= 0.6 is 0 Å². The number of likely N-dealkylation sites (tertiary alicyclic amines) is 1. The number of pyridine rings is 1. The summed E-state index contributed by atoms with van der Waals surface area (Å²) in [5.41, 5.74) is 4.02. The van der Waals surface area contributed by atoms with E-state index in [2.05, 4.69) is 34.4 Å². The first-order valence-corrected chi connectivity index (χ1v) is 12.7. The van der Waals surface area contributed by atoms with Crippen molar-refractivity contribution in [2.75, 3.05) is 32.8 Å². The van der Waals surface area contributed by atoms with Gasteiger partial charge < -0.3 is 9.47 Å². The third-order valence-corrected chi connectivity index (χ3v) is 6.91. The molecule has 1 unspecified atom stereocenters. The van der Waals surface area contributed by atoms with E-state index < -0.39 is 0 Å². The van der Waals surface area contributed by atoms with Gasteiger partial charge in [-0.2, -0.15) is 10.2 Å². The van der Waals surface area contributed by atoms with Gasteiger partial charge in [-0.1, -0.05) is 18.2 Å². The molecule has 0 N–H and O–H groups in total. The minimum atomic E-state index is 0.262. The molecule has 2 fully saturated rings. The molecule has 6 rings (SSSR count). The minimum absolute atomic E-state index is 0.262. The lowest BCUT2D eigenvalue weighted by Gasteiger charge is -2.14. The molecule has 5 heterocycles. The summed E-state index contributed by atoms with van der Waals surface area (Å²) in [4.78, 5) is 7.23. The van der Waals surface area contributed by atoms with Crippen molar-refractivity contribution < 1.29 is 9.47 Å². The third-order valence-electron chi connectivity index (χ3n) is 6.91. The van der Waals surface area contributed by atoms with Crippen molar-refractivity contribution in [2.24, 2.45) is 0 Å². The fourth-order valence-electron chi connectivity index (χ4n) is 5.02. The van der Waals surface area contributed by atoms with E-state index in [9.17, 15) is 0 Å². The summed E-state index contributed by atoms with van der Waals surface area (Å²) in [6.07, 6.45) is 9.76. The molecule has 0 spiro atoms. The molecule has 182 valence electrons. The molecular formula is C27H32N6O2. The smallest absolute Gasteiger partial charge is 0.156 e. The van der Waals surface area contributed by atoms with Crippen molar-refractivity contribution in [3.63, 3.8) is 0 Å². The van der Waals surface area contributed by atoms with Crippen LogP contribution in [0.2, 0.25) is 0 Å². The SMILES string of the molecule is c1cc(-c2cnn(CC3CCCO3)c2)n2nc(Cc3ccc(OCCN4CCCC4)cc3)nc2c1. The fourth-order valence-corrected chi connectivity index (χ4v) is 5.02. The summed E-state index contributed by atoms with van der Waals surface area (Å²) >= 11 is 0. The van der Waals surface area contributed by atoms with Crippen LogP contribution in [0.4, 0.5) is 0 Å². The quantitative estimate of drug-likeness (QED) is 0.369. The molecule has 0 radical (unpaired) electrons. The molecule has 2 saturated heterocycles. The van der Waals surface area contributed by atoms with Crippen LogP contribution in [0.3, 0.4) is 0 Å². The number of aromatic nitrogens is 5. The lowest BCUT2D eigenvalue weighted by molar-refractivity contribution is 0.0940. The zero-order chi connectivity index (χ0) is 23.5. The van der Waals surface area contributed by atoms with Crippen molar-refractivity contribution >= 4 is 5.65 Å². The number of fused-ring (bicyclic) bond motifs is 1. The Morgan fingerprint density at radius 1 is 1.03 bits per heavy atom. The van der Waals surface area contributed by atoms with E-state index in [4.69, 9.17) is 19.6 Å². The summed E-state index contributed by atoms with van der Waals surface area (Å²) in [5.74, 6) is 1.71. The number of ether oxygens (including phenoxy) is 2. The predicted molar refractivity (Wildman–Crippen MR) is 134 cm³/mol. The van der Waals surface area contributed by atoms with E-state index >= 15 is 0 Å². The standard InChI is InChI=1S/C27H32N6O2/c1-2-13-31(12-1)14-16-35-23-10-8-21(9-11-23)17-26-29-27-7-3-6-25(33(27)30-26)22-18-28-32(19-22)20-24-5-4-15-34-24/h3,6-11,18-19,24H,1-2,4-5,12-17,20H2. The molecule has 1 atom stereocenters. The first kappa shape index (κ1) is 22.2. The van der Waals surface area contributed by atoms with E-state index in [1.807, 2.05) is 39.7 Å². The first-order valence-electron chi connectivity index (χ1n) is 12.7. The predicted octanol–water partition coefficient (Wildman–Crippen LogP) is 3.84. The van der Waals surface area contributed by atoms with Crippen molar-refractivity contribution in [3.8, 4) is 17.0 Å². The van der Waals surface area contributed by atoms with E-state index in [1.165, 1.54) is 31.5 Å². The molecule has 1 aromatic carbocycles. The van der Waals surface area contributed by atoms with Gasteiger partial charge in [0.1, 0.15) is 12.4 Å². The Balaban J connectivity index is 1.11. The lowest BCUT2D eigenvalue weighted by atomic mass is 10.1. The molecule has 2 aliphatic rings. The van der Waals surface area contributed by atoms with E-state index in [0.717, 1.165) is 67.6 Å². The highest BCUT2D eigenvalue weighted by Crippen LogP contribution is 2.22. The van der Waals surface area contributed by atoms with Gasteiger partial charge in [0, 0.05) is 31.3 Å². The molecule has 4 aromatic rings. The van der Waals surface area contributed by atoms with E-state index in [0.29, 0.717) is 6.42 Å². The van der Waals surface area contributed by atoms with Crippen molar-refractivity contribution in [1.82, 2.24) is 29.3 Å². The van der Waals surface area contributed by atoms with Gasteiger partial charge in [0.15, 0.2) is 11.5 Å². The van der Waals surface area contributed by atoms with Gasteiger partial charge in [0.25, 0.3) is 0 Å². The van der Waals surface area contributed by atoms with Gasteiger partial charge in [0.2, 0.25) is 0 Å². The van der Waals surface area contributed by atoms with Crippen LogP contribution in [0.25, 0.3) is 16.9 Å². The third kappa shape index (κ3) is 5.23. The van der Waals surface area contributed by atoms with Crippen LogP contribution in [0.5, 0.6) is 5.75 Å². The van der Waals surface area contributed by atoms with Crippen LogP contribution in [-0.4, -0.2) is 68.2 Å². The Bertz CT molecular complexity index is 1250. The second-order valence-corrected chi connectivity index (χ2v) is 9.51. The van der Waals surface area contributed by atoms with Crippen molar-refractivity contribution in [3.05, 3.63) is 66.2 Å². The maximum Gasteiger partial charge on any atom is 0.156 e. The molecule has 2 aliphatic heterocycles. The average molecular weight is 473 g/mol. The monoisotopic (exact) mass is 472 g/mol. The largest absolute Gasteiger partial charge is 0.492 e. The number of benzene rings is 1. The summed E-state index contributed by atoms with van der Waals surface area (Å²) in [6.45, 7) is 5.79. The summed E-state index contributed by atoms with van der Waals surface area (Å²) in [6, 6.07) is 14.4. The Labute approximate surface area is 205 Å². The molecule has 0 saturated carbocycles.